The second-order valence-corrected chi connectivity index (χ2v) is 6.70. The zero-order valence-electron chi connectivity index (χ0n) is 15.7. The van der Waals surface area contributed by atoms with E-state index in [0.717, 1.165) is 22.6 Å². The van der Waals surface area contributed by atoms with Gasteiger partial charge in [-0.3, -0.25) is 4.79 Å². The van der Waals surface area contributed by atoms with Crippen LogP contribution in [-0.2, 0) is 11.3 Å². The van der Waals surface area contributed by atoms with Crippen molar-refractivity contribution in [1.29, 1.82) is 0 Å². The quantitative estimate of drug-likeness (QED) is 0.732. The number of carbonyl (C=O) groups excluding carboxylic acids is 1. The molecule has 0 radical (unpaired) electrons. The van der Waals surface area contributed by atoms with E-state index < -0.39 is 0 Å². The average molecular weight is 351 g/mol. The van der Waals surface area contributed by atoms with E-state index >= 15 is 0 Å². The van der Waals surface area contributed by atoms with E-state index in [2.05, 4.69) is 29.8 Å². The number of carbonyl (C=O) groups is 1. The normalized spacial score (nSPS) is 12.2. The molecule has 3 rings (SSSR count). The third kappa shape index (κ3) is 4.04. The van der Waals surface area contributed by atoms with E-state index in [-0.39, 0.29) is 11.9 Å². The van der Waals surface area contributed by atoms with Gasteiger partial charge in [-0.05, 0) is 56.2 Å². The second-order valence-electron chi connectivity index (χ2n) is 6.70. The average Bonchev–Trinajstić information content (AvgIpc) is 2.92. The molecule has 1 atom stereocenters. The Morgan fingerprint density at radius 1 is 1.19 bits per heavy atom. The lowest BCUT2D eigenvalue weighted by molar-refractivity contribution is -0.119. The van der Waals surface area contributed by atoms with Crippen molar-refractivity contribution in [2.75, 3.05) is 6.61 Å². The van der Waals surface area contributed by atoms with Crippen molar-refractivity contribution in [1.82, 2.24) is 14.9 Å². The zero-order chi connectivity index (χ0) is 18.7. The van der Waals surface area contributed by atoms with E-state index in [9.17, 15) is 4.79 Å². The third-order valence-electron chi connectivity index (χ3n) is 4.27. The van der Waals surface area contributed by atoms with Gasteiger partial charge < -0.3 is 14.6 Å². The highest BCUT2D eigenvalue weighted by molar-refractivity contribution is 5.77. The summed E-state index contributed by atoms with van der Waals surface area (Å²) in [4.78, 5) is 16.2. The molecule has 1 aromatic heterocycles. The van der Waals surface area contributed by atoms with Crippen LogP contribution < -0.4 is 10.1 Å². The molecule has 0 fully saturated rings. The minimum absolute atomic E-state index is 0.0670. The van der Waals surface area contributed by atoms with Gasteiger partial charge >= 0.3 is 0 Å². The highest BCUT2D eigenvalue weighted by Gasteiger charge is 2.17. The molecule has 0 saturated heterocycles. The smallest absolute Gasteiger partial charge is 0.217 e. The lowest BCUT2D eigenvalue weighted by Crippen LogP contribution is -2.27. The number of ether oxygens (including phenoxy) is 1. The Morgan fingerprint density at radius 2 is 1.88 bits per heavy atom. The lowest BCUT2D eigenvalue weighted by Gasteiger charge is -2.16. The van der Waals surface area contributed by atoms with Gasteiger partial charge in [0.15, 0.2) is 0 Å². The van der Waals surface area contributed by atoms with Gasteiger partial charge in [0.1, 0.15) is 18.2 Å². The minimum Gasteiger partial charge on any atom is -0.492 e. The number of amides is 1. The summed E-state index contributed by atoms with van der Waals surface area (Å²) in [6.07, 6.45) is 0. The SMILES string of the molecule is CC(=O)NC(C)c1nc2ccccc2n1CCOc1cc(C)cc(C)c1. The molecule has 5 heteroatoms. The Morgan fingerprint density at radius 3 is 2.58 bits per heavy atom. The minimum atomic E-state index is -0.166. The molecule has 3 aromatic rings. The number of aryl methyl sites for hydroxylation is 2. The lowest BCUT2D eigenvalue weighted by atomic mass is 10.1. The molecule has 0 aliphatic rings. The maximum atomic E-state index is 11.4. The monoisotopic (exact) mass is 351 g/mol. The Kier molecular flexibility index (Phi) is 5.26. The number of hydrogen-bond donors (Lipinski definition) is 1. The van der Waals surface area contributed by atoms with Crippen LogP contribution in [0.1, 0.15) is 36.8 Å². The van der Waals surface area contributed by atoms with Gasteiger partial charge in [-0.15, -0.1) is 0 Å². The van der Waals surface area contributed by atoms with Crippen LogP contribution in [-0.4, -0.2) is 22.1 Å². The fraction of sp³-hybridized carbons (Fsp3) is 0.333. The van der Waals surface area contributed by atoms with Crippen LogP contribution in [0.5, 0.6) is 5.75 Å². The maximum absolute atomic E-state index is 11.4. The summed E-state index contributed by atoms with van der Waals surface area (Å²) in [6.45, 7) is 8.79. The van der Waals surface area contributed by atoms with Crippen LogP contribution in [0.4, 0.5) is 0 Å². The molecule has 2 aromatic carbocycles. The van der Waals surface area contributed by atoms with Gasteiger partial charge in [-0.2, -0.15) is 0 Å². The number of fused-ring (bicyclic) bond motifs is 1. The summed E-state index contributed by atoms with van der Waals surface area (Å²) in [5.74, 6) is 1.65. The summed E-state index contributed by atoms with van der Waals surface area (Å²) in [7, 11) is 0. The molecule has 0 aliphatic carbocycles. The van der Waals surface area contributed by atoms with Crippen molar-refractivity contribution in [3.63, 3.8) is 0 Å². The van der Waals surface area contributed by atoms with E-state index in [4.69, 9.17) is 9.72 Å². The zero-order valence-corrected chi connectivity index (χ0v) is 15.7. The highest BCUT2D eigenvalue weighted by Crippen LogP contribution is 2.21. The first-order chi connectivity index (χ1) is 12.4. The molecular formula is C21H25N3O2. The summed E-state index contributed by atoms with van der Waals surface area (Å²) < 4.78 is 8.09. The summed E-state index contributed by atoms with van der Waals surface area (Å²) in [6, 6.07) is 14.0. The molecule has 136 valence electrons. The van der Waals surface area contributed by atoms with Crippen molar-refractivity contribution in [3.8, 4) is 5.75 Å². The predicted molar refractivity (Wildman–Crippen MR) is 103 cm³/mol. The molecule has 0 saturated carbocycles. The molecule has 0 bridgehead atoms. The van der Waals surface area contributed by atoms with Crippen LogP contribution in [0.25, 0.3) is 11.0 Å². The van der Waals surface area contributed by atoms with E-state index in [1.165, 1.54) is 18.1 Å². The topological polar surface area (TPSA) is 56.2 Å². The number of hydrogen-bond acceptors (Lipinski definition) is 3. The Bertz CT molecular complexity index is 910. The van der Waals surface area contributed by atoms with Gasteiger partial charge in [0.25, 0.3) is 0 Å². The Hall–Kier alpha value is -2.82. The summed E-state index contributed by atoms with van der Waals surface area (Å²) in [5.41, 5.74) is 4.34. The number of benzene rings is 2. The first kappa shape index (κ1) is 18.0. The van der Waals surface area contributed by atoms with Gasteiger partial charge in [0.05, 0.1) is 23.6 Å². The van der Waals surface area contributed by atoms with Gasteiger partial charge in [-0.25, -0.2) is 4.98 Å². The molecular weight excluding hydrogens is 326 g/mol. The Labute approximate surface area is 154 Å². The van der Waals surface area contributed by atoms with Crippen molar-refractivity contribution in [3.05, 3.63) is 59.4 Å². The van der Waals surface area contributed by atoms with Gasteiger partial charge in [-0.1, -0.05) is 18.2 Å². The van der Waals surface area contributed by atoms with Crippen molar-refractivity contribution >= 4 is 16.9 Å². The molecule has 26 heavy (non-hydrogen) atoms. The number of nitrogens with zero attached hydrogens (tertiary/aromatic N) is 2. The molecule has 5 nitrogen and oxygen atoms in total. The number of imidazole rings is 1. The molecule has 1 N–H and O–H groups in total. The van der Waals surface area contributed by atoms with E-state index in [0.29, 0.717) is 13.2 Å². The predicted octanol–water partition coefficient (Wildman–Crippen LogP) is 3.93. The maximum Gasteiger partial charge on any atom is 0.217 e. The number of nitrogens with one attached hydrogen (secondary N) is 1. The number of aromatic nitrogens is 2. The van der Waals surface area contributed by atoms with Crippen LogP contribution in [0.15, 0.2) is 42.5 Å². The van der Waals surface area contributed by atoms with Gasteiger partial charge in [0, 0.05) is 6.92 Å². The number of para-hydroxylation sites is 2. The van der Waals surface area contributed by atoms with E-state index in [1.807, 2.05) is 43.3 Å². The van der Waals surface area contributed by atoms with Crippen molar-refractivity contribution in [2.24, 2.45) is 0 Å². The first-order valence-corrected chi connectivity index (χ1v) is 8.87. The van der Waals surface area contributed by atoms with Crippen LogP contribution >= 0.6 is 0 Å². The summed E-state index contributed by atoms with van der Waals surface area (Å²) in [5, 5.41) is 2.92. The molecule has 1 heterocycles. The molecule has 1 amide bonds. The Balaban J connectivity index is 1.82. The third-order valence-corrected chi connectivity index (χ3v) is 4.27. The van der Waals surface area contributed by atoms with Crippen molar-refractivity contribution < 1.29 is 9.53 Å². The standard InChI is InChI=1S/C21H25N3O2/c1-14-11-15(2)13-18(12-14)26-10-9-24-20-8-6-5-7-19(20)23-21(24)16(3)22-17(4)25/h5-8,11-13,16H,9-10H2,1-4H3,(H,22,25). The summed E-state index contributed by atoms with van der Waals surface area (Å²) >= 11 is 0. The van der Waals surface area contributed by atoms with Crippen molar-refractivity contribution in [2.45, 2.75) is 40.3 Å². The fourth-order valence-electron chi connectivity index (χ4n) is 3.30. The van der Waals surface area contributed by atoms with Gasteiger partial charge in [0.2, 0.25) is 5.91 Å². The molecule has 1 unspecified atom stereocenters. The van der Waals surface area contributed by atoms with Crippen LogP contribution in [0.3, 0.4) is 0 Å². The second kappa shape index (κ2) is 7.60. The highest BCUT2D eigenvalue weighted by atomic mass is 16.5. The van der Waals surface area contributed by atoms with Crippen LogP contribution in [0.2, 0.25) is 0 Å². The van der Waals surface area contributed by atoms with Crippen LogP contribution in [0, 0.1) is 13.8 Å². The largest absolute Gasteiger partial charge is 0.492 e. The molecule has 0 spiro atoms. The first-order valence-electron chi connectivity index (χ1n) is 8.87. The molecule has 0 aliphatic heterocycles. The fourth-order valence-corrected chi connectivity index (χ4v) is 3.30. The number of rotatable bonds is 6. The van der Waals surface area contributed by atoms with E-state index in [1.54, 1.807) is 0 Å².